The van der Waals surface area contributed by atoms with Crippen LogP contribution < -0.4 is 4.74 Å². The Bertz CT molecular complexity index is 640. The van der Waals surface area contributed by atoms with E-state index in [4.69, 9.17) is 4.74 Å². The Morgan fingerprint density at radius 1 is 1.19 bits per heavy atom. The molecule has 0 bridgehead atoms. The zero-order chi connectivity index (χ0) is 10.7. The van der Waals surface area contributed by atoms with E-state index in [0.717, 1.165) is 28.5 Å². The fourth-order valence-corrected chi connectivity index (χ4v) is 2.36. The third-order valence-electron chi connectivity index (χ3n) is 3.28. The third kappa shape index (κ3) is 0.963. The van der Waals surface area contributed by atoms with Gasteiger partial charge < -0.3 is 9.84 Å². The number of phenols is 1. The summed E-state index contributed by atoms with van der Waals surface area (Å²) < 4.78 is 5.89. The molecule has 1 N–H and O–H groups in total. The lowest BCUT2D eigenvalue weighted by Crippen LogP contribution is -2.02. The highest BCUT2D eigenvalue weighted by molar-refractivity contribution is 5.97. The summed E-state index contributed by atoms with van der Waals surface area (Å²) in [6, 6.07) is 9.60. The molecule has 0 aromatic heterocycles. The molecule has 1 fully saturated rings. The van der Waals surface area contributed by atoms with Crippen molar-refractivity contribution in [2.75, 3.05) is 0 Å². The van der Waals surface area contributed by atoms with Crippen molar-refractivity contribution < 1.29 is 9.84 Å². The second-order valence-corrected chi connectivity index (χ2v) is 4.39. The lowest BCUT2D eigenvalue weighted by atomic mass is 10.0. The van der Waals surface area contributed by atoms with Gasteiger partial charge in [-0.25, -0.2) is 0 Å². The quantitative estimate of drug-likeness (QED) is 0.724. The molecular formula is C14H10O2. The highest BCUT2D eigenvalue weighted by Gasteiger charge is 2.36. The van der Waals surface area contributed by atoms with Crippen molar-refractivity contribution in [2.45, 2.75) is 12.5 Å². The lowest BCUT2D eigenvalue weighted by Gasteiger charge is -2.15. The topological polar surface area (TPSA) is 29.5 Å². The zero-order valence-corrected chi connectivity index (χ0v) is 8.60. The van der Waals surface area contributed by atoms with Gasteiger partial charge in [0.15, 0.2) is 0 Å². The van der Waals surface area contributed by atoms with E-state index in [1.165, 1.54) is 5.57 Å². The van der Waals surface area contributed by atoms with Crippen molar-refractivity contribution in [2.24, 2.45) is 0 Å². The maximum atomic E-state index is 9.94. The first kappa shape index (κ1) is 8.22. The normalized spacial score (nSPS) is 20.8. The third-order valence-corrected chi connectivity index (χ3v) is 3.28. The van der Waals surface area contributed by atoms with Crippen LogP contribution in [0.25, 0.3) is 16.8 Å². The lowest BCUT2D eigenvalue weighted by molar-refractivity contribution is 0.315. The minimum Gasteiger partial charge on any atom is -0.507 e. The number of ether oxygens (including phenoxy) is 1. The first-order valence-electron chi connectivity index (χ1n) is 5.45. The molecule has 1 saturated carbocycles. The monoisotopic (exact) mass is 210 g/mol. The molecule has 1 unspecified atom stereocenters. The highest BCUT2D eigenvalue weighted by atomic mass is 16.5. The average Bonchev–Trinajstić information content (AvgIpc) is 3.05. The maximum Gasteiger partial charge on any atom is 0.135 e. The first-order valence-corrected chi connectivity index (χ1v) is 5.45. The van der Waals surface area contributed by atoms with Crippen molar-refractivity contribution in [1.29, 1.82) is 0 Å². The second-order valence-electron chi connectivity index (χ2n) is 4.39. The van der Waals surface area contributed by atoms with E-state index in [1.807, 2.05) is 24.3 Å². The number of phenolic OH excluding ortho intramolecular Hbond substituents is 1. The number of benzene rings is 2. The van der Waals surface area contributed by atoms with Gasteiger partial charge in [-0.05, 0) is 17.7 Å². The smallest absolute Gasteiger partial charge is 0.135 e. The van der Waals surface area contributed by atoms with Gasteiger partial charge in [-0.2, -0.15) is 0 Å². The Kier molecular flexibility index (Phi) is 1.33. The van der Waals surface area contributed by atoms with E-state index in [-0.39, 0.29) is 0 Å². The van der Waals surface area contributed by atoms with Gasteiger partial charge in [-0.15, -0.1) is 0 Å². The summed E-state index contributed by atoms with van der Waals surface area (Å²) in [7, 11) is 0. The molecule has 2 aromatic rings. The molecule has 78 valence electrons. The van der Waals surface area contributed by atoms with Gasteiger partial charge in [0.25, 0.3) is 0 Å². The standard InChI is InChI=1S/C14H10O2/c15-12-6-9-5-8-7-13(8)16-14(9)11-4-2-1-3-10(11)12/h1-6,13,15H,7H2. The Labute approximate surface area is 92.8 Å². The van der Waals surface area contributed by atoms with Gasteiger partial charge in [-0.1, -0.05) is 24.3 Å². The first-order chi connectivity index (χ1) is 7.83. The minimum atomic E-state index is 0.292. The summed E-state index contributed by atoms with van der Waals surface area (Å²) in [6.07, 6.45) is 3.46. The molecule has 0 amide bonds. The zero-order valence-electron chi connectivity index (χ0n) is 8.60. The molecule has 1 aliphatic heterocycles. The second kappa shape index (κ2) is 2.59. The van der Waals surface area contributed by atoms with Crippen molar-refractivity contribution in [1.82, 2.24) is 0 Å². The molecule has 1 atom stereocenters. The molecule has 2 aromatic carbocycles. The molecule has 0 spiro atoms. The van der Waals surface area contributed by atoms with E-state index < -0.39 is 0 Å². The Hall–Kier alpha value is -1.96. The van der Waals surface area contributed by atoms with Crippen LogP contribution in [0.2, 0.25) is 0 Å². The summed E-state index contributed by atoms with van der Waals surface area (Å²) in [6.45, 7) is 0. The molecule has 4 rings (SSSR count). The van der Waals surface area contributed by atoms with Crippen molar-refractivity contribution in [3.8, 4) is 11.5 Å². The van der Waals surface area contributed by atoms with Crippen LogP contribution >= 0.6 is 0 Å². The fourth-order valence-electron chi connectivity index (χ4n) is 2.36. The highest BCUT2D eigenvalue weighted by Crippen LogP contribution is 2.47. The fraction of sp³-hybridized carbons (Fsp3) is 0.143. The number of aromatic hydroxyl groups is 1. The van der Waals surface area contributed by atoms with Crippen molar-refractivity contribution in [3.63, 3.8) is 0 Å². The van der Waals surface area contributed by atoms with Crippen molar-refractivity contribution in [3.05, 3.63) is 41.5 Å². The number of fused-ring (bicyclic) bond motifs is 4. The summed E-state index contributed by atoms with van der Waals surface area (Å²) in [5, 5.41) is 11.8. The summed E-state index contributed by atoms with van der Waals surface area (Å²) >= 11 is 0. The molecule has 0 radical (unpaired) electrons. The van der Waals surface area contributed by atoms with Gasteiger partial charge in [-0.3, -0.25) is 0 Å². The molecule has 0 saturated heterocycles. The Morgan fingerprint density at radius 2 is 2.00 bits per heavy atom. The van der Waals surface area contributed by atoms with Crippen molar-refractivity contribution >= 4 is 16.8 Å². The summed E-state index contributed by atoms with van der Waals surface area (Å²) in [5.74, 6) is 1.24. The molecule has 1 heterocycles. The van der Waals surface area contributed by atoms with Gasteiger partial charge in [0.2, 0.25) is 0 Å². The van der Waals surface area contributed by atoms with Crippen LogP contribution in [0.1, 0.15) is 12.0 Å². The summed E-state index contributed by atoms with van der Waals surface area (Å²) in [5.41, 5.74) is 2.34. The Morgan fingerprint density at radius 3 is 2.88 bits per heavy atom. The molecule has 1 aliphatic carbocycles. The van der Waals surface area contributed by atoms with E-state index >= 15 is 0 Å². The van der Waals surface area contributed by atoms with Crippen LogP contribution in [0, 0.1) is 0 Å². The van der Waals surface area contributed by atoms with Gasteiger partial charge in [0.05, 0.1) is 0 Å². The molecule has 16 heavy (non-hydrogen) atoms. The van der Waals surface area contributed by atoms with E-state index in [9.17, 15) is 5.11 Å². The summed E-state index contributed by atoms with van der Waals surface area (Å²) in [4.78, 5) is 0. The van der Waals surface area contributed by atoms with E-state index in [2.05, 4.69) is 6.08 Å². The Balaban J connectivity index is 2.13. The van der Waals surface area contributed by atoms with Gasteiger partial charge in [0, 0.05) is 22.8 Å². The van der Waals surface area contributed by atoms with Crippen LogP contribution in [0.4, 0.5) is 0 Å². The predicted molar refractivity (Wildman–Crippen MR) is 62.6 cm³/mol. The maximum absolute atomic E-state index is 9.94. The largest absolute Gasteiger partial charge is 0.507 e. The predicted octanol–water partition coefficient (Wildman–Crippen LogP) is 3.09. The molecular weight excluding hydrogens is 200 g/mol. The van der Waals surface area contributed by atoms with Gasteiger partial charge >= 0.3 is 0 Å². The number of hydrogen-bond donors (Lipinski definition) is 1. The number of rotatable bonds is 0. The SMILES string of the molecule is Oc1cc2c(c3ccccc13)OC1CC1=C2. The van der Waals surface area contributed by atoms with Crippen LogP contribution in [-0.2, 0) is 0 Å². The van der Waals surface area contributed by atoms with E-state index in [0.29, 0.717) is 11.9 Å². The van der Waals surface area contributed by atoms with Crippen LogP contribution in [0.5, 0.6) is 11.5 Å². The molecule has 2 nitrogen and oxygen atoms in total. The molecule has 2 heteroatoms. The number of hydrogen-bond acceptors (Lipinski definition) is 2. The van der Waals surface area contributed by atoms with Crippen LogP contribution in [0.3, 0.4) is 0 Å². The van der Waals surface area contributed by atoms with Crippen LogP contribution in [0.15, 0.2) is 35.9 Å². The molecule has 2 aliphatic rings. The van der Waals surface area contributed by atoms with E-state index in [1.54, 1.807) is 6.07 Å². The van der Waals surface area contributed by atoms with Gasteiger partial charge in [0.1, 0.15) is 17.6 Å². The minimum absolute atomic E-state index is 0.292. The average molecular weight is 210 g/mol. The van der Waals surface area contributed by atoms with Crippen LogP contribution in [-0.4, -0.2) is 11.2 Å².